The van der Waals surface area contributed by atoms with Crippen molar-refractivity contribution in [1.29, 1.82) is 0 Å². The van der Waals surface area contributed by atoms with E-state index < -0.39 is 39.9 Å². The number of thiophene rings is 3. The Kier molecular flexibility index (Phi) is 7.19. The third kappa shape index (κ3) is 5.51. The molecule has 3 aromatic heterocycles. The Morgan fingerprint density at radius 3 is 1.07 bits per heavy atom. The van der Waals surface area contributed by atoms with Crippen LogP contribution in [0.15, 0.2) is 52.5 Å². The van der Waals surface area contributed by atoms with E-state index in [1.54, 1.807) is 34.0 Å². The van der Waals surface area contributed by atoms with E-state index in [2.05, 4.69) is 94.1 Å². The number of rotatable bonds is 9. The van der Waals surface area contributed by atoms with Gasteiger partial charge >= 0.3 is 191 Å². The first kappa shape index (κ1) is 22.5. The van der Waals surface area contributed by atoms with Crippen molar-refractivity contribution >= 4 is 57.1 Å². The summed E-state index contributed by atoms with van der Waals surface area (Å²) < 4.78 is 19.9. The maximum absolute atomic E-state index is 6.63. The second-order valence-electron chi connectivity index (χ2n) is 7.96. The van der Waals surface area contributed by atoms with Gasteiger partial charge in [-0.2, -0.15) is 0 Å². The molecule has 0 saturated heterocycles. The van der Waals surface area contributed by atoms with E-state index in [0.717, 1.165) is 0 Å². The number of hydrogen-bond acceptors (Lipinski definition) is 6. The van der Waals surface area contributed by atoms with E-state index in [1.807, 2.05) is 0 Å². The summed E-state index contributed by atoms with van der Waals surface area (Å²) in [5.41, 5.74) is -1.32. The summed E-state index contributed by atoms with van der Waals surface area (Å²) in [6.45, 7) is 12.6. The summed E-state index contributed by atoms with van der Waals surface area (Å²) in [7, 11) is 0. The van der Waals surface area contributed by atoms with Gasteiger partial charge in [-0.25, -0.2) is 0 Å². The van der Waals surface area contributed by atoms with Crippen molar-refractivity contribution in [2.24, 2.45) is 0 Å². The van der Waals surface area contributed by atoms with Gasteiger partial charge in [0.05, 0.1) is 0 Å². The summed E-state index contributed by atoms with van der Waals surface area (Å²) in [6.07, 6.45) is 0. The quantitative estimate of drug-likeness (QED) is 0.238. The third-order valence-corrected chi connectivity index (χ3v) is 14.8. The van der Waals surface area contributed by atoms with Crippen molar-refractivity contribution in [3.63, 3.8) is 0 Å². The minimum atomic E-state index is -3.31. The van der Waals surface area contributed by atoms with Gasteiger partial charge in [0.1, 0.15) is 0 Å². The summed E-state index contributed by atoms with van der Waals surface area (Å²) in [5.74, 6) is 0. The molecule has 7 heteroatoms. The van der Waals surface area contributed by atoms with Crippen LogP contribution in [0.5, 0.6) is 0 Å². The molecule has 0 amide bonds. The van der Waals surface area contributed by atoms with Crippen molar-refractivity contribution in [2.75, 3.05) is 0 Å². The summed E-state index contributed by atoms with van der Waals surface area (Å²) in [6, 6.07) is 12.5. The molecule has 28 heavy (non-hydrogen) atoms. The monoisotopic (exact) mass is 632 g/mol. The van der Waals surface area contributed by atoms with Crippen LogP contribution in [0, 0.1) is 0 Å². The molecule has 0 bridgehead atoms. The first-order chi connectivity index (χ1) is 13.1. The van der Waals surface area contributed by atoms with E-state index in [9.17, 15) is 0 Å². The van der Waals surface area contributed by atoms with Crippen LogP contribution >= 0.6 is 34.0 Å². The zero-order valence-electron chi connectivity index (χ0n) is 17.1. The van der Waals surface area contributed by atoms with Crippen LogP contribution in [0.25, 0.3) is 0 Å². The second-order valence-corrected chi connectivity index (χ2v) is 14.7. The van der Waals surface area contributed by atoms with Crippen molar-refractivity contribution < 1.29 is 8.44 Å². The Morgan fingerprint density at radius 1 is 0.571 bits per heavy atom. The first-order valence-electron chi connectivity index (χ1n) is 9.10. The van der Waals surface area contributed by atoms with Crippen LogP contribution in [-0.4, -0.2) is 23.1 Å². The molecule has 0 atom stereocenters. The van der Waals surface area contributed by atoms with E-state index in [4.69, 9.17) is 8.44 Å². The summed E-state index contributed by atoms with van der Waals surface area (Å²) >= 11 is 1.80. The predicted octanol–water partition coefficient (Wildman–Crippen LogP) is 7.01. The van der Waals surface area contributed by atoms with Crippen molar-refractivity contribution in [3.8, 4) is 0 Å². The molecule has 3 rings (SSSR count). The maximum atomic E-state index is 6.63. The molecular weight excluding hydrogens is 605 g/mol. The molecule has 0 aliphatic rings. The van der Waals surface area contributed by atoms with Crippen LogP contribution in [0.1, 0.15) is 56.2 Å². The Labute approximate surface area is 189 Å². The van der Waals surface area contributed by atoms with Crippen LogP contribution in [0.2, 0.25) is 0 Å². The average molecular weight is 633 g/mol. The fourth-order valence-electron chi connectivity index (χ4n) is 2.61. The second kappa shape index (κ2) is 8.93. The fraction of sp³-hybridized carbons (Fsp3) is 0.429. The van der Waals surface area contributed by atoms with E-state index in [1.165, 1.54) is 14.6 Å². The Balaban J connectivity index is 1.85. The molecule has 0 aromatic carbocycles. The van der Waals surface area contributed by atoms with Gasteiger partial charge in [0, 0.05) is 0 Å². The van der Waals surface area contributed by atoms with E-state index >= 15 is 0 Å². The normalized spacial score (nSPS) is 13.4. The molecule has 0 spiro atoms. The van der Waals surface area contributed by atoms with Crippen molar-refractivity contribution in [2.45, 2.75) is 58.3 Å². The Morgan fingerprint density at radius 2 is 0.857 bits per heavy atom. The summed E-state index contributed by atoms with van der Waals surface area (Å²) in [4.78, 5) is 3.55. The average Bonchev–Trinajstić information content (AvgIpc) is 3.36. The standard InChI is InChI=1S/3C7H9OS.Bi/c3*1-7(2,8)6-4-3-5-9-6;/h3*3-5H,1-2H3;/q3*-1;+3. The van der Waals surface area contributed by atoms with Crippen LogP contribution in [-0.2, 0) is 25.2 Å². The third-order valence-electron chi connectivity index (χ3n) is 4.25. The van der Waals surface area contributed by atoms with Gasteiger partial charge in [-0.3, -0.25) is 0 Å². The van der Waals surface area contributed by atoms with Gasteiger partial charge in [0.25, 0.3) is 0 Å². The molecular formula is C21H27BiO3S3. The van der Waals surface area contributed by atoms with Crippen molar-refractivity contribution in [3.05, 3.63) is 67.2 Å². The van der Waals surface area contributed by atoms with Gasteiger partial charge in [-0.15, -0.1) is 0 Å². The molecule has 0 saturated carbocycles. The van der Waals surface area contributed by atoms with Crippen LogP contribution in [0.4, 0.5) is 0 Å². The molecule has 3 aromatic rings. The van der Waals surface area contributed by atoms with E-state index in [0.29, 0.717) is 0 Å². The fourth-order valence-corrected chi connectivity index (χ4v) is 11.7. The van der Waals surface area contributed by atoms with Gasteiger partial charge in [0.15, 0.2) is 0 Å². The molecule has 0 unspecified atom stereocenters. The molecule has 0 N–H and O–H groups in total. The van der Waals surface area contributed by atoms with Gasteiger partial charge in [-0.1, -0.05) is 0 Å². The van der Waals surface area contributed by atoms with Crippen molar-refractivity contribution in [1.82, 2.24) is 0 Å². The molecule has 0 aliphatic carbocycles. The minimum absolute atomic E-state index is 0.441. The molecule has 0 aliphatic heterocycles. The zero-order valence-corrected chi connectivity index (χ0v) is 23.0. The Bertz CT molecular complexity index is 723. The predicted molar refractivity (Wildman–Crippen MR) is 121 cm³/mol. The Hall–Kier alpha value is -0.137. The molecule has 3 nitrogen and oxygen atoms in total. The van der Waals surface area contributed by atoms with Gasteiger partial charge in [-0.05, 0) is 0 Å². The zero-order chi connectivity index (χ0) is 20.4. The topological polar surface area (TPSA) is 27.7 Å². The van der Waals surface area contributed by atoms with Crippen LogP contribution < -0.4 is 0 Å². The van der Waals surface area contributed by atoms with Gasteiger partial charge < -0.3 is 0 Å². The molecule has 0 radical (unpaired) electrons. The number of hydrogen-bond donors (Lipinski definition) is 0. The molecule has 3 heterocycles. The first-order valence-corrected chi connectivity index (χ1v) is 16.0. The van der Waals surface area contributed by atoms with Crippen LogP contribution in [0.3, 0.4) is 0 Å². The van der Waals surface area contributed by atoms with E-state index in [-0.39, 0.29) is 0 Å². The summed E-state index contributed by atoms with van der Waals surface area (Å²) in [5, 5.41) is 6.24. The molecule has 152 valence electrons. The van der Waals surface area contributed by atoms with Gasteiger partial charge in [0.2, 0.25) is 0 Å². The molecule has 0 fully saturated rings. The SMILES string of the molecule is CC(C)([O][Bi]([O]C(C)(C)c1cccs1)[O]C(C)(C)c1cccs1)c1cccs1.